The summed E-state index contributed by atoms with van der Waals surface area (Å²) in [4.78, 5) is 16.8. The molecule has 0 aromatic carbocycles. The molecule has 0 spiro atoms. The highest BCUT2D eigenvalue weighted by atomic mass is 32.2. The maximum absolute atomic E-state index is 13.1. The Hall–Kier alpha value is -2.10. The fourth-order valence-electron chi connectivity index (χ4n) is 3.38. The molecule has 8 nitrogen and oxygen atoms in total. The quantitative estimate of drug-likeness (QED) is 0.648. The predicted molar refractivity (Wildman–Crippen MR) is 108 cm³/mol. The number of furan rings is 2. The maximum Gasteiger partial charge on any atom is 0.290 e. The molecule has 0 N–H and O–H groups in total. The van der Waals surface area contributed by atoms with Gasteiger partial charge in [0.25, 0.3) is 5.91 Å². The minimum absolute atomic E-state index is 0.0299. The zero-order chi connectivity index (χ0) is 21.2. The van der Waals surface area contributed by atoms with E-state index in [1.165, 1.54) is 10.4 Å². The van der Waals surface area contributed by atoms with Gasteiger partial charge in [-0.15, -0.1) is 0 Å². The molecule has 2 aromatic rings. The van der Waals surface area contributed by atoms with E-state index in [1.807, 2.05) is 38.1 Å². The van der Waals surface area contributed by atoms with Crippen molar-refractivity contribution in [2.75, 3.05) is 40.3 Å². The third-order valence-electron chi connectivity index (χ3n) is 5.01. The van der Waals surface area contributed by atoms with Gasteiger partial charge in [0, 0.05) is 32.2 Å². The van der Waals surface area contributed by atoms with Gasteiger partial charge in [0.15, 0.2) is 5.76 Å². The first kappa shape index (κ1) is 21.6. The highest BCUT2D eigenvalue weighted by molar-refractivity contribution is 7.89. The summed E-state index contributed by atoms with van der Waals surface area (Å²) in [5.41, 5.74) is 0. The average molecular weight is 424 g/mol. The zero-order valence-electron chi connectivity index (χ0n) is 17.5. The number of likely N-dealkylation sites (N-methyl/N-ethyl adjacent to an activating group) is 1. The van der Waals surface area contributed by atoms with Gasteiger partial charge in [-0.2, -0.15) is 4.31 Å². The van der Waals surface area contributed by atoms with Gasteiger partial charge in [-0.3, -0.25) is 4.79 Å². The summed E-state index contributed by atoms with van der Waals surface area (Å²) >= 11 is 0. The van der Waals surface area contributed by atoms with Crippen LogP contribution in [-0.4, -0.2) is 68.7 Å². The number of sulfonamides is 1. The van der Waals surface area contributed by atoms with E-state index >= 15 is 0 Å². The third-order valence-corrected chi connectivity index (χ3v) is 7.02. The van der Waals surface area contributed by atoms with Gasteiger partial charge >= 0.3 is 0 Å². The summed E-state index contributed by atoms with van der Waals surface area (Å²) in [6.07, 6.45) is 1.70. The molecule has 3 rings (SSSR count). The number of aryl methyl sites for hydroxylation is 2. The topological polar surface area (TPSA) is 87.2 Å². The van der Waals surface area contributed by atoms with Crippen LogP contribution in [0.2, 0.25) is 0 Å². The van der Waals surface area contributed by atoms with Crippen molar-refractivity contribution in [1.29, 1.82) is 0 Å². The molecule has 0 aliphatic carbocycles. The summed E-state index contributed by atoms with van der Waals surface area (Å²) in [5, 5.41) is 0. The zero-order valence-corrected chi connectivity index (χ0v) is 18.3. The highest BCUT2D eigenvalue weighted by Gasteiger charge is 2.32. The van der Waals surface area contributed by atoms with Crippen LogP contribution in [-0.2, 0) is 16.6 Å². The number of rotatable bonds is 8. The summed E-state index contributed by atoms with van der Waals surface area (Å²) in [5.74, 6) is 1.35. The van der Waals surface area contributed by atoms with E-state index in [0.29, 0.717) is 31.9 Å². The van der Waals surface area contributed by atoms with E-state index in [-0.39, 0.29) is 28.9 Å². The number of amides is 1. The Morgan fingerprint density at radius 1 is 1.10 bits per heavy atom. The number of hydrogen-bond donors (Lipinski definition) is 0. The Morgan fingerprint density at radius 3 is 2.38 bits per heavy atom. The van der Waals surface area contributed by atoms with Gasteiger partial charge < -0.3 is 18.6 Å². The van der Waals surface area contributed by atoms with Crippen LogP contribution in [0.3, 0.4) is 0 Å². The molecule has 3 heterocycles. The molecule has 0 bridgehead atoms. The molecule has 160 valence electrons. The first-order valence-corrected chi connectivity index (χ1v) is 11.2. The maximum atomic E-state index is 13.1. The fourth-order valence-corrected chi connectivity index (χ4v) is 5.06. The van der Waals surface area contributed by atoms with Gasteiger partial charge in [0.1, 0.15) is 22.2 Å². The van der Waals surface area contributed by atoms with Crippen LogP contribution < -0.4 is 0 Å². The van der Waals surface area contributed by atoms with Gasteiger partial charge in [0.2, 0.25) is 10.0 Å². The van der Waals surface area contributed by atoms with Gasteiger partial charge in [-0.05, 0) is 52.9 Å². The Labute approximate surface area is 172 Å². The Morgan fingerprint density at radius 2 is 1.79 bits per heavy atom. The average Bonchev–Trinajstić information content (AvgIpc) is 3.39. The second kappa shape index (κ2) is 8.73. The number of nitrogens with zero attached hydrogens (tertiary/aromatic N) is 3. The molecule has 1 amide bonds. The van der Waals surface area contributed by atoms with Crippen LogP contribution in [0.15, 0.2) is 31.9 Å². The van der Waals surface area contributed by atoms with Gasteiger partial charge in [0.05, 0.1) is 6.54 Å². The summed E-state index contributed by atoms with van der Waals surface area (Å²) < 4.78 is 38.5. The SMILES string of the molecule is Cc1ccc(CN(CCN(C)C)C(=O)c2cc(S(=O)(=O)N3CCCC3)c(C)o2)o1. The van der Waals surface area contributed by atoms with E-state index in [0.717, 1.165) is 18.6 Å². The summed E-state index contributed by atoms with van der Waals surface area (Å²) in [6.45, 7) is 5.84. The first-order valence-electron chi connectivity index (χ1n) is 9.78. The lowest BCUT2D eigenvalue weighted by Gasteiger charge is -2.22. The Bertz CT molecular complexity index is 955. The second-order valence-electron chi connectivity index (χ2n) is 7.68. The lowest BCUT2D eigenvalue weighted by atomic mass is 10.3. The Kier molecular flexibility index (Phi) is 6.50. The van der Waals surface area contributed by atoms with E-state index < -0.39 is 10.0 Å². The van der Waals surface area contributed by atoms with Gasteiger partial charge in [-0.25, -0.2) is 8.42 Å². The van der Waals surface area contributed by atoms with Crippen LogP contribution >= 0.6 is 0 Å². The standard InChI is InChI=1S/C20H29N3O5S/c1-15-7-8-17(27-15)14-22(12-11-21(3)4)20(24)18-13-19(16(2)28-18)29(25,26)23-9-5-6-10-23/h7-8,13H,5-6,9-12,14H2,1-4H3. The normalized spacial score (nSPS) is 15.3. The van der Waals surface area contributed by atoms with E-state index in [2.05, 4.69) is 0 Å². The van der Waals surface area contributed by atoms with Crippen LogP contribution in [0.25, 0.3) is 0 Å². The van der Waals surface area contributed by atoms with Gasteiger partial charge in [-0.1, -0.05) is 0 Å². The molecule has 1 aliphatic rings. The smallest absolute Gasteiger partial charge is 0.290 e. The molecular formula is C20H29N3O5S. The Balaban J connectivity index is 1.85. The molecule has 0 radical (unpaired) electrons. The van der Waals surface area contributed by atoms with Crippen LogP contribution in [0, 0.1) is 13.8 Å². The summed E-state index contributed by atoms with van der Waals surface area (Å²) in [7, 11) is 0.209. The van der Waals surface area contributed by atoms with Crippen molar-refractivity contribution in [3.05, 3.63) is 41.2 Å². The van der Waals surface area contributed by atoms with Crippen molar-refractivity contribution in [3.63, 3.8) is 0 Å². The van der Waals surface area contributed by atoms with Crippen molar-refractivity contribution < 1.29 is 22.0 Å². The molecule has 0 unspecified atom stereocenters. The van der Waals surface area contributed by atoms with Crippen LogP contribution in [0.4, 0.5) is 0 Å². The van der Waals surface area contributed by atoms with E-state index in [4.69, 9.17) is 8.83 Å². The lowest BCUT2D eigenvalue weighted by molar-refractivity contribution is 0.0685. The first-order chi connectivity index (χ1) is 13.7. The van der Waals surface area contributed by atoms with Crippen LogP contribution in [0.5, 0.6) is 0 Å². The van der Waals surface area contributed by atoms with Crippen molar-refractivity contribution in [3.8, 4) is 0 Å². The summed E-state index contributed by atoms with van der Waals surface area (Å²) in [6, 6.07) is 5.05. The fraction of sp³-hybridized carbons (Fsp3) is 0.550. The van der Waals surface area contributed by atoms with Crippen molar-refractivity contribution in [2.45, 2.75) is 38.1 Å². The minimum Gasteiger partial charge on any atom is -0.464 e. The van der Waals surface area contributed by atoms with Crippen molar-refractivity contribution in [2.24, 2.45) is 0 Å². The molecule has 0 atom stereocenters. The van der Waals surface area contributed by atoms with E-state index in [9.17, 15) is 13.2 Å². The molecule has 29 heavy (non-hydrogen) atoms. The monoisotopic (exact) mass is 423 g/mol. The predicted octanol–water partition coefficient (Wildman–Crippen LogP) is 2.48. The molecule has 0 saturated carbocycles. The molecule has 1 aliphatic heterocycles. The van der Waals surface area contributed by atoms with E-state index in [1.54, 1.807) is 11.8 Å². The number of carbonyl (C=O) groups is 1. The lowest BCUT2D eigenvalue weighted by Crippen LogP contribution is -2.36. The molecule has 1 fully saturated rings. The molecule has 1 saturated heterocycles. The molecule has 2 aromatic heterocycles. The third kappa shape index (κ3) is 4.91. The molecule has 9 heteroatoms. The minimum atomic E-state index is -3.65. The number of carbonyl (C=O) groups excluding carboxylic acids is 1. The van der Waals surface area contributed by atoms with Crippen molar-refractivity contribution >= 4 is 15.9 Å². The van der Waals surface area contributed by atoms with Crippen molar-refractivity contribution in [1.82, 2.24) is 14.1 Å². The highest BCUT2D eigenvalue weighted by Crippen LogP contribution is 2.27. The largest absolute Gasteiger partial charge is 0.464 e. The second-order valence-corrected chi connectivity index (χ2v) is 9.59. The molecular weight excluding hydrogens is 394 g/mol. The number of hydrogen-bond acceptors (Lipinski definition) is 6. The van der Waals surface area contributed by atoms with Crippen LogP contribution in [0.1, 0.15) is 40.7 Å².